The molecule has 0 aromatic heterocycles. The van der Waals surface area contributed by atoms with Crippen molar-refractivity contribution < 1.29 is 30.0 Å². The van der Waals surface area contributed by atoms with Gasteiger partial charge >= 0.3 is 0 Å². The molecule has 1 heterocycles. The van der Waals surface area contributed by atoms with E-state index in [1.807, 2.05) is 13.8 Å². The van der Waals surface area contributed by atoms with Crippen molar-refractivity contribution in [2.75, 3.05) is 13.2 Å². The minimum atomic E-state index is -1.51. The zero-order valence-corrected chi connectivity index (χ0v) is 13.8. The normalized spacial score (nSPS) is 30.4. The first kappa shape index (κ1) is 18.8. The Hall–Kier alpha value is -1.51. The van der Waals surface area contributed by atoms with Crippen LogP contribution in [-0.2, 0) is 4.74 Å². The lowest BCUT2D eigenvalue weighted by Gasteiger charge is -2.45. The molecule has 1 aromatic rings. The van der Waals surface area contributed by atoms with E-state index in [9.17, 15) is 25.2 Å². The second-order valence-corrected chi connectivity index (χ2v) is 6.44. The van der Waals surface area contributed by atoms with E-state index >= 15 is 0 Å². The van der Waals surface area contributed by atoms with Gasteiger partial charge in [0.1, 0.15) is 24.4 Å². The van der Waals surface area contributed by atoms with Crippen molar-refractivity contribution in [3.63, 3.8) is 0 Å². The Morgan fingerprint density at radius 3 is 2.29 bits per heavy atom. The van der Waals surface area contributed by atoms with Crippen LogP contribution in [0.1, 0.15) is 24.2 Å². The fourth-order valence-corrected chi connectivity index (χ4v) is 2.78. The van der Waals surface area contributed by atoms with Crippen LogP contribution >= 0.6 is 0 Å². The van der Waals surface area contributed by atoms with Gasteiger partial charge in [-0.3, -0.25) is 4.79 Å². The highest BCUT2D eigenvalue weighted by molar-refractivity contribution is 5.94. The van der Waals surface area contributed by atoms with Gasteiger partial charge in [-0.15, -0.1) is 0 Å². The fourth-order valence-electron chi connectivity index (χ4n) is 2.78. The van der Waals surface area contributed by atoms with Crippen LogP contribution < -0.4 is 0 Å². The van der Waals surface area contributed by atoms with Crippen molar-refractivity contribution >= 4 is 5.91 Å². The van der Waals surface area contributed by atoms with Gasteiger partial charge in [-0.2, -0.15) is 0 Å². The van der Waals surface area contributed by atoms with E-state index in [1.54, 1.807) is 30.3 Å². The third-order valence-corrected chi connectivity index (χ3v) is 4.02. The molecule has 7 nitrogen and oxygen atoms in total. The molecule has 1 aliphatic rings. The van der Waals surface area contributed by atoms with E-state index in [0.717, 1.165) is 0 Å². The van der Waals surface area contributed by atoms with Crippen LogP contribution in [-0.4, -0.2) is 75.0 Å². The number of amides is 1. The van der Waals surface area contributed by atoms with Gasteiger partial charge in [0, 0.05) is 12.1 Å². The summed E-state index contributed by atoms with van der Waals surface area (Å²) in [5.74, 6) is -0.265. The van der Waals surface area contributed by atoms with Crippen molar-refractivity contribution in [3.05, 3.63) is 35.9 Å². The fraction of sp³-hybridized carbons (Fsp3) is 0.588. The van der Waals surface area contributed by atoms with Gasteiger partial charge in [0.2, 0.25) is 0 Å². The zero-order valence-electron chi connectivity index (χ0n) is 13.8. The monoisotopic (exact) mass is 339 g/mol. The van der Waals surface area contributed by atoms with Crippen LogP contribution in [0.3, 0.4) is 0 Å². The van der Waals surface area contributed by atoms with Crippen LogP contribution in [0.2, 0.25) is 0 Å². The van der Waals surface area contributed by atoms with Crippen LogP contribution in [0.5, 0.6) is 0 Å². The van der Waals surface area contributed by atoms with Crippen LogP contribution in [0.15, 0.2) is 30.3 Å². The molecule has 0 aliphatic carbocycles. The number of carbonyl (C=O) groups excluding carboxylic acids is 1. The van der Waals surface area contributed by atoms with E-state index in [4.69, 9.17) is 4.74 Å². The van der Waals surface area contributed by atoms with Crippen molar-refractivity contribution in [1.29, 1.82) is 0 Å². The largest absolute Gasteiger partial charge is 0.394 e. The average molecular weight is 339 g/mol. The van der Waals surface area contributed by atoms with Gasteiger partial charge in [0.15, 0.2) is 6.23 Å². The molecule has 1 fully saturated rings. The predicted molar refractivity (Wildman–Crippen MR) is 86.1 cm³/mol. The van der Waals surface area contributed by atoms with Crippen LogP contribution in [0, 0.1) is 5.92 Å². The summed E-state index contributed by atoms with van der Waals surface area (Å²) in [6.07, 6.45) is -6.65. The Labute approximate surface area is 141 Å². The molecule has 1 aliphatic heterocycles. The van der Waals surface area contributed by atoms with Gasteiger partial charge in [-0.05, 0) is 18.1 Å². The molecule has 0 unspecified atom stereocenters. The summed E-state index contributed by atoms with van der Waals surface area (Å²) in [6.45, 7) is 3.58. The summed E-state index contributed by atoms with van der Waals surface area (Å²) in [7, 11) is 0. The standard InChI is InChI=1S/C17H25NO6/c1-10(2)8-18(16(23)11-6-4-3-5-7-11)17-15(22)14(21)13(20)12(9-19)24-17/h3-7,10,12-15,17,19-22H,8-9H2,1-2H3/t12-,13+,14+,15-,17-/m1/s1. The first-order valence-electron chi connectivity index (χ1n) is 8.03. The zero-order chi connectivity index (χ0) is 17.9. The average Bonchev–Trinajstić information content (AvgIpc) is 2.58. The summed E-state index contributed by atoms with van der Waals surface area (Å²) in [5.41, 5.74) is 0.426. The van der Waals surface area contributed by atoms with Crippen molar-refractivity contribution in [2.24, 2.45) is 5.92 Å². The first-order chi connectivity index (χ1) is 11.4. The summed E-state index contributed by atoms with van der Waals surface area (Å²) >= 11 is 0. The van der Waals surface area contributed by atoms with Gasteiger partial charge in [-0.25, -0.2) is 0 Å². The second-order valence-electron chi connectivity index (χ2n) is 6.44. The minimum absolute atomic E-state index is 0.0880. The molecule has 0 radical (unpaired) electrons. The molecule has 0 saturated carbocycles. The number of aliphatic hydroxyl groups is 4. The van der Waals surface area contributed by atoms with Crippen molar-refractivity contribution in [1.82, 2.24) is 4.90 Å². The van der Waals surface area contributed by atoms with E-state index in [0.29, 0.717) is 5.56 Å². The molecule has 2 rings (SSSR count). The maximum atomic E-state index is 12.8. The lowest BCUT2D eigenvalue weighted by molar-refractivity contribution is -0.258. The molecule has 7 heteroatoms. The molecule has 134 valence electrons. The molecule has 5 atom stereocenters. The molecular formula is C17H25NO6. The molecule has 1 amide bonds. The highest BCUT2D eigenvalue weighted by Crippen LogP contribution is 2.25. The Bertz CT molecular complexity index is 535. The quantitative estimate of drug-likeness (QED) is 0.580. The number of aliphatic hydroxyl groups excluding tert-OH is 4. The SMILES string of the molecule is CC(C)CN(C(=O)c1ccccc1)[C@@H]1O[C@H](CO)[C@H](O)[C@H](O)[C@H]1O. The van der Waals surface area contributed by atoms with E-state index in [1.165, 1.54) is 4.90 Å². The number of ether oxygens (including phenoxy) is 1. The Morgan fingerprint density at radius 1 is 1.12 bits per heavy atom. The number of hydrogen-bond acceptors (Lipinski definition) is 6. The first-order valence-corrected chi connectivity index (χ1v) is 8.03. The summed E-state index contributed by atoms with van der Waals surface area (Å²) in [4.78, 5) is 14.2. The van der Waals surface area contributed by atoms with E-state index in [-0.39, 0.29) is 18.4 Å². The highest BCUT2D eigenvalue weighted by Gasteiger charge is 2.47. The maximum absolute atomic E-state index is 12.8. The smallest absolute Gasteiger partial charge is 0.255 e. The third-order valence-electron chi connectivity index (χ3n) is 4.02. The molecule has 24 heavy (non-hydrogen) atoms. The molecular weight excluding hydrogens is 314 g/mol. The van der Waals surface area contributed by atoms with E-state index < -0.39 is 37.3 Å². The van der Waals surface area contributed by atoms with Gasteiger partial charge < -0.3 is 30.1 Å². The van der Waals surface area contributed by atoms with E-state index in [2.05, 4.69) is 0 Å². The molecule has 4 N–H and O–H groups in total. The Balaban J connectivity index is 2.31. The summed E-state index contributed by atoms with van der Waals surface area (Å²) in [5, 5.41) is 39.5. The molecule has 0 spiro atoms. The number of nitrogens with zero attached hydrogens (tertiary/aromatic N) is 1. The Kier molecular flexibility index (Phi) is 6.31. The summed E-state index contributed by atoms with van der Waals surface area (Å²) < 4.78 is 5.53. The summed E-state index contributed by atoms with van der Waals surface area (Å²) in [6, 6.07) is 8.55. The second kappa shape index (κ2) is 8.04. The topological polar surface area (TPSA) is 110 Å². The van der Waals surface area contributed by atoms with Gasteiger partial charge in [0.05, 0.1) is 6.61 Å². The number of hydrogen-bond donors (Lipinski definition) is 4. The molecule has 1 saturated heterocycles. The number of rotatable bonds is 5. The van der Waals surface area contributed by atoms with Crippen LogP contribution in [0.25, 0.3) is 0 Å². The lowest BCUT2D eigenvalue weighted by Crippen LogP contribution is -2.64. The van der Waals surface area contributed by atoms with Gasteiger partial charge in [-0.1, -0.05) is 32.0 Å². The van der Waals surface area contributed by atoms with Crippen molar-refractivity contribution in [3.8, 4) is 0 Å². The van der Waals surface area contributed by atoms with Crippen molar-refractivity contribution in [2.45, 2.75) is 44.5 Å². The third kappa shape index (κ3) is 3.93. The van der Waals surface area contributed by atoms with Crippen LogP contribution in [0.4, 0.5) is 0 Å². The Morgan fingerprint density at radius 2 is 1.75 bits per heavy atom. The maximum Gasteiger partial charge on any atom is 0.255 e. The number of benzene rings is 1. The minimum Gasteiger partial charge on any atom is -0.394 e. The highest BCUT2D eigenvalue weighted by atomic mass is 16.6. The predicted octanol–water partition coefficient (Wildman–Crippen LogP) is -0.415. The lowest BCUT2D eigenvalue weighted by atomic mass is 9.97. The number of carbonyl (C=O) groups is 1. The molecule has 1 aromatic carbocycles. The molecule has 0 bridgehead atoms. The van der Waals surface area contributed by atoms with Gasteiger partial charge in [0.25, 0.3) is 5.91 Å².